The third-order valence-corrected chi connectivity index (χ3v) is 6.47. The fourth-order valence-electron chi connectivity index (χ4n) is 4.62. The Morgan fingerprint density at radius 1 is 0.892 bits per heavy atom. The molecule has 3 N–H and O–H groups in total. The molecule has 0 aliphatic heterocycles. The highest BCUT2D eigenvalue weighted by atomic mass is 16.5. The van der Waals surface area contributed by atoms with Gasteiger partial charge < -0.3 is 20.5 Å². The molecule has 192 valence electrons. The second-order valence-electron chi connectivity index (χ2n) is 9.27. The number of likely N-dealkylation sites (N-methyl/N-ethyl adjacent to an activating group) is 1. The molecular weight excluding hydrogens is 470 g/mol. The lowest BCUT2D eigenvalue weighted by molar-refractivity contribution is -0.141. The number of hydrogen-bond donors (Lipinski definition) is 3. The molecule has 0 fully saturated rings. The second kappa shape index (κ2) is 11.7. The SMILES string of the molecule is C[C@@H](NC(=O)C(CN(C)Cc1ccccc1)NC(=O)OCC1c2ccccc2-c2ccccc21)C(=O)O. The van der Waals surface area contributed by atoms with Crippen molar-refractivity contribution in [1.82, 2.24) is 15.5 Å². The standard InChI is InChI=1S/C29H31N3O5/c1-19(28(34)35)30-27(33)26(17-32(2)16-20-10-4-3-5-11-20)31-29(36)37-18-25-23-14-8-6-12-21(23)22-13-7-9-15-24(22)25/h3-15,19,25-26H,16-18H2,1-2H3,(H,30,33)(H,31,36)(H,34,35)/t19-,26?/m1/s1. The molecule has 3 aromatic rings. The number of ether oxygens (including phenoxy) is 1. The van der Waals surface area contributed by atoms with Crippen molar-refractivity contribution in [3.63, 3.8) is 0 Å². The fourth-order valence-corrected chi connectivity index (χ4v) is 4.62. The van der Waals surface area contributed by atoms with Gasteiger partial charge in [0.05, 0.1) is 0 Å². The first-order chi connectivity index (χ1) is 17.8. The molecule has 8 nitrogen and oxygen atoms in total. The van der Waals surface area contributed by atoms with Gasteiger partial charge >= 0.3 is 12.1 Å². The minimum atomic E-state index is -1.16. The molecule has 2 amide bonds. The number of aliphatic carboxylic acids is 1. The number of nitrogens with zero attached hydrogens (tertiary/aromatic N) is 1. The van der Waals surface area contributed by atoms with Gasteiger partial charge in [0.15, 0.2) is 0 Å². The molecular formula is C29H31N3O5. The number of carbonyl (C=O) groups is 3. The summed E-state index contributed by atoms with van der Waals surface area (Å²) in [5, 5.41) is 14.3. The summed E-state index contributed by atoms with van der Waals surface area (Å²) in [6.07, 6.45) is -0.738. The van der Waals surface area contributed by atoms with Gasteiger partial charge in [-0.25, -0.2) is 4.79 Å². The van der Waals surface area contributed by atoms with Gasteiger partial charge in [0, 0.05) is 19.0 Å². The van der Waals surface area contributed by atoms with Gasteiger partial charge in [-0.1, -0.05) is 78.9 Å². The van der Waals surface area contributed by atoms with E-state index in [1.165, 1.54) is 6.92 Å². The summed E-state index contributed by atoms with van der Waals surface area (Å²) in [6, 6.07) is 23.7. The van der Waals surface area contributed by atoms with Crippen molar-refractivity contribution in [2.45, 2.75) is 31.5 Å². The lowest BCUT2D eigenvalue weighted by Crippen LogP contribution is -2.54. The van der Waals surface area contributed by atoms with E-state index in [4.69, 9.17) is 4.74 Å². The van der Waals surface area contributed by atoms with Crippen LogP contribution in [0.4, 0.5) is 4.79 Å². The number of amides is 2. The molecule has 8 heteroatoms. The zero-order valence-corrected chi connectivity index (χ0v) is 20.9. The molecule has 0 radical (unpaired) electrons. The van der Waals surface area contributed by atoms with Crippen molar-refractivity contribution in [2.24, 2.45) is 0 Å². The first-order valence-electron chi connectivity index (χ1n) is 12.2. The molecule has 1 aliphatic rings. The third-order valence-electron chi connectivity index (χ3n) is 6.47. The minimum absolute atomic E-state index is 0.111. The zero-order valence-electron chi connectivity index (χ0n) is 20.9. The zero-order chi connectivity index (χ0) is 26.4. The summed E-state index contributed by atoms with van der Waals surface area (Å²) in [6.45, 7) is 2.20. The van der Waals surface area contributed by atoms with Crippen LogP contribution in [0.3, 0.4) is 0 Å². The van der Waals surface area contributed by atoms with Crippen LogP contribution in [-0.4, -0.2) is 60.3 Å². The lowest BCUT2D eigenvalue weighted by atomic mass is 9.98. The Balaban J connectivity index is 1.43. The van der Waals surface area contributed by atoms with E-state index in [1.807, 2.05) is 78.7 Å². The number of benzene rings is 3. The van der Waals surface area contributed by atoms with Crippen molar-refractivity contribution < 1.29 is 24.2 Å². The second-order valence-corrected chi connectivity index (χ2v) is 9.27. The lowest BCUT2D eigenvalue weighted by Gasteiger charge is -2.25. The van der Waals surface area contributed by atoms with E-state index in [0.717, 1.165) is 27.8 Å². The highest BCUT2D eigenvalue weighted by Gasteiger charge is 2.30. The highest BCUT2D eigenvalue weighted by Crippen LogP contribution is 2.44. The number of rotatable bonds is 10. The Bertz CT molecular complexity index is 1220. The van der Waals surface area contributed by atoms with Gasteiger partial charge in [-0.2, -0.15) is 0 Å². The molecule has 3 aromatic carbocycles. The topological polar surface area (TPSA) is 108 Å². The summed E-state index contributed by atoms with van der Waals surface area (Å²) in [7, 11) is 1.83. The van der Waals surface area contributed by atoms with E-state index < -0.39 is 30.1 Å². The largest absolute Gasteiger partial charge is 0.480 e. The van der Waals surface area contributed by atoms with Gasteiger partial charge in [-0.15, -0.1) is 0 Å². The van der Waals surface area contributed by atoms with Crippen molar-refractivity contribution >= 4 is 18.0 Å². The van der Waals surface area contributed by atoms with Gasteiger partial charge in [-0.3, -0.25) is 14.5 Å². The molecule has 0 aromatic heterocycles. The van der Waals surface area contributed by atoms with Gasteiger partial charge in [0.1, 0.15) is 18.7 Å². The van der Waals surface area contributed by atoms with E-state index >= 15 is 0 Å². The molecule has 1 aliphatic carbocycles. The first kappa shape index (κ1) is 25.9. The molecule has 0 saturated carbocycles. The Kier molecular flexibility index (Phi) is 8.20. The molecule has 1 unspecified atom stereocenters. The normalized spacial score (nSPS) is 13.8. The van der Waals surface area contributed by atoms with Gasteiger partial charge in [0.25, 0.3) is 0 Å². The van der Waals surface area contributed by atoms with Crippen LogP contribution >= 0.6 is 0 Å². The molecule has 0 spiro atoms. The third kappa shape index (κ3) is 6.34. The summed E-state index contributed by atoms with van der Waals surface area (Å²) >= 11 is 0. The van der Waals surface area contributed by atoms with E-state index in [0.29, 0.717) is 6.54 Å². The van der Waals surface area contributed by atoms with Crippen LogP contribution in [0.1, 0.15) is 29.5 Å². The van der Waals surface area contributed by atoms with Crippen LogP contribution in [0.5, 0.6) is 0 Å². The number of nitrogens with one attached hydrogen (secondary N) is 2. The van der Waals surface area contributed by atoms with Gasteiger partial charge in [0.2, 0.25) is 5.91 Å². The monoisotopic (exact) mass is 501 g/mol. The van der Waals surface area contributed by atoms with Crippen molar-refractivity contribution in [3.05, 3.63) is 95.6 Å². The Morgan fingerprint density at radius 3 is 2.05 bits per heavy atom. The van der Waals surface area contributed by atoms with Crippen molar-refractivity contribution in [2.75, 3.05) is 20.2 Å². The number of carbonyl (C=O) groups excluding carboxylic acids is 2. The predicted octanol–water partition coefficient (Wildman–Crippen LogP) is 3.62. The number of hydrogen-bond acceptors (Lipinski definition) is 5. The number of alkyl carbamates (subject to hydrolysis) is 1. The molecule has 4 rings (SSSR count). The van der Waals surface area contributed by atoms with E-state index in [-0.39, 0.29) is 19.1 Å². The maximum absolute atomic E-state index is 12.9. The van der Waals surface area contributed by atoms with Crippen LogP contribution < -0.4 is 10.6 Å². The molecule has 0 heterocycles. The van der Waals surface area contributed by atoms with Crippen LogP contribution in [-0.2, 0) is 20.9 Å². The number of carboxylic acid groups (broad SMARTS) is 1. The first-order valence-corrected chi connectivity index (χ1v) is 12.2. The summed E-state index contributed by atoms with van der Waals surface area (Å²) in [5.41, 5.74) is 5.46. The number of carboxylic acids is 1. The minimum Gasteiger partial charge on any atom is -0.480 e. The van der Waals surface area contributed by atoms with Gasteiger partial charge in [-0.05, 0) is 41.8 Å². The van der Waals surface area contributed by atoms with E-state index in [2.05, 4.69) is 22.8 Å². The Hall–Kier alpha value is -4.17. The van der Waals surface area contributed by atoms with Crippen LogP contribution in [0.15, 0.2) is 78.9 Å². The summed E-state index contributed by atoms with van der Waals surface area (Å²) < 4.78 is 5.61. The van der Waals surface area contributed by atoms with E-state index in [1.54, 1.807) is 0 Å². The van der Waals surface area contributed by atoms with Crippen LogP contribution in [0.2, 0.25) is 0 Å². The fraction of sp³-hybridized carbons (Fsp3) is 0.276. The van der Waals surface area contributed by atoms with Crippen molar-refractivity contribution in [1.29, 1.82) is 0 Å². The van der Waals surface area contributed by atoms with E-state index in [9.17, 15) is 19.5 Å². The molecule has 37 heavy (non-hydrogen) atoms. The molecule has 0 bridgehead atoms. The average molecular weight is 502 g/mol. The van der Waals surface area contributed by atoms with Crippen molar-refractivity contribution in [3.8, 4) is 11.1 Å². The summed E-state index contributed by atoms with van der Waals surface area (Å²) in [4.78, 5) is 38.9. The predicted molar refractivity (Wildman–Crippen MR) is 140 cm³/mol. The molecule has 2 atom stereocenters. The highest BCUT2D eigenvalue weighted by molar-refractivity contribution is 5.89. The van der Waals surface area contributed by atoms with Crippen LogP contribution in [0.25, 0.3) is 11.1 Å². The maximum Gasteiger partial charge on any atom is 0.407 e. The maximum atomic E-state index is 12.9. The average Bonchev–Trinajstić information content (AvgIpc) is 3.21. The van der Waals surface area contributed by atoms with Crippen LogP contribution in [0, 0.1) is 0 Å². The quantitative estimate of drug-likeness (QED) is 0.392. The smallest absolute Gasteiger partial charge is 0.407 e. The number of fused-ring (bicyclic) bond motifs is 3. The Labute approximate surface area is 216 Å². The summed E-state index contributed by atoms with van der Waals surface area (Å²) in [5.74, 6) is -1.87. The molecule has 0 saturated heterocycles. The Morgan fingerprint density at radius 2 is 1.46 bits per heavy atom.